The van der Waals surface area contributed by atoms with Crippen LogP contribution in [0.15, 0.2) is 29.2 Å². The topological polar surface area (TPSA) is 136 Å². The minimum atomic E-state index is -3.84. The highest BCUT2D eigenvalue weighted by atomic mass is 32.2. The lowest BCUT2D eigenvalue weighted by Gasteiger charge is -2.34. The third-order valence-electron chi connectivity index (χ3n) is 5.43. The van der Waals surface area contributed by atoms with Crippen molar-refractivity contribution in [2.45, 2.75) is 57.5 Å². The van der Waals surface area contributed by atoms with Crippen molar-refractivity contribution >= 4 is 27.8 Å². The Kier molecular flexibility index (Phi) is 8.19. The molecule has 0 aromatic heterocycles. The van der Waals surface area contributed by atoms with Gasteiger partial charge in [-0.3, -0.25) is 9.59 Å². The fourth-order valence-corrected chi connectivity index (χ4v) is 4.67. The summed E-state index contributed by atoms with van der Waals surface area (Å²) in [4.78, 5) is 37.9. The van der Waals surface area contributed by atoms with Crippen molar-refractivity contribution in [1.82, 2.24) is 14.9 Å². The van der Waals surface area contributed by atoms with E-state index in [4.69, 9.17) is 0 Å². The predicted molar refractivity (Wildman–Crippen MR) is 112 cm³/mol. The lowest BCUT2D eigenvalue weighted by Crippen LogP contribution is -2.54. The molecule has 10 heteroatoms. The van der Waals surface area contributed by atoms with Crippen molar-refractivity contribution in [3.63, 3.8) is 0 Å². The van der Waals surface area contributed by atoms with Crippen molar-refractivity contribution in [2.75, 3.05) is 13.1 Å². The van der Waals surface area contributed by atoms with Gasteiger partial charge in [-0.2, -0.15) is 4.72 Å². The van der Waals surface area contributed by atoms with Crippen LogP contribution in [-0.4, -0.2) is 56.3 Å². The van der Waals surface area contributed by atoms with E-state index in [9.17, 15) is 27.9 Å². The van der Waals surface area contributed by atoms with E-state index in [1.54, 1.807) is 26.0 Å². The van der Waals surface area contributed by atoms with Crippen LogP contribution in [0.2, 0.25) is 0 Å². The molecule has 2 rings (SSSR count). The molecule has 1 aromatic rings. The number of benzene rings is 1. The van der Waals surface area contributed by atoms with Gasteiger partial charge >= 0.3 is 0 Å². The van der Waals surface area contributed by atoms with Crippen LogP contribution in [0.1, 0.15) is 39.2 Å². The number of carbonyl (C=O) groups is 3. The van der Waals surface area contributed by atoms with Gasteiger partial charge in [-0.05, 0) is 44.7 Å². The van der Waals surface area contributed by atoms with Crippen LogP contribution in [0.25, 0.3) is 0 Å². The number of aliphatic carboxylic acids is 1. The molecule has 0 radical (unpaired) electrons. The molecule has 1 heterocycles. The minimum Gasteiger partial charge on any atom is -0.548 e. The summed E-state index contributed by atoms with van der Waals surface area (Å²) in [5.74, 6) is -2.79. The summed E-state index contributed by atoms with van der Waals surface area (Å²) in [5.41, 5.74) is 0.925. The monoisotopic (exact) mass is 452 g/mol. The Morgan fingerprint density at radius 3 is 2.10 bits per heavy atom. The number of sulfonamides is 1. The zero-order valence-electron chi connectivity index (χ0n) is 18.3. The molecule has 1 saturated heterocycles. The highest BCUT2D eigenvalue weighted by Crippen LogP contribution is 2.19. The number of likely N-dealkylation sites (tertiary alicyclic amines) is 1. The number of rotatable bonds is 8. The summed E-state index contributed by atoms with van der Waals surface area (Å²) < 4.78 is 27.4. The Balaban J connectivity index is 1.91. The fourth-order valence-electron chi connectivity index (χ4n) is 3.47. The molecule has 9 nitrogen and oxygen atoms in total. The van der Waals surface area contributed by atoms with Crippen LogP contribution in [0.5, 0.6) is 0 Å². The van der Waals surface area contributed by atoms with E-state index in [1.807, 2.05) is 6.92 Å². The summed E-state index contributed by atoms with van der Waals surface area (Å²) in [6.45, 7) is 7.26. The third-order valence-corrected chi connectivity index (χ3v) is 6.99. The molecule has 172 valence electrons. The van der Waals surface area contributed by atoms with Crippen LogP contribution in [0.4, 0.5) is 0 Å². The normalized spacial score (nSPS) is 17.3. The van der Waals surface area contributed by atoms with Crippen molar-refractivity contribution in [2.24, 2.45) is 11.8 Å². The second-order valence-corrected chi connectivity index (χ2v) is 10.0. The van der Waals surface area contributed by atoms with Gasteiger partial charge in [-0.1, -0.05) is 31.5 Å². The Morgan fingerprint density at radius 2 is 1.61 bits per heavy atom. The third kappa shape index (κ3) is 6.51. The molecule has 0 saturated carbocycles. The maximum atomic E-state index is 12.7. The first-order chi connectivity index (χ1) is 14.4. The first kappa shape index (κ1) is 24.8. The average molecular weight is 453 g/mol. The number of carbonyl (C=O) groups excluding carboxylic acids is 3. The van der Waals surface area contributed by atoms with E-state index in [0.29, 0.717) is 12.8 Å². The number of aryl methyl sites for hydroxylation is 1. The van der Waals surface area contributed by atoms with E-state index < -0.39 is 34.0 Å². The van der Waals surface area contributed by atoms with Gasteiger partial charge in [-0.15, -0.1) is 0 Å². The van der Waals surface area contributed by atoms with Gasteiger partial charge in [0.1, 0.15) is 0 Å². The van der Waals surface area contributed by atoms with Gasteiger partial charge in [0, 0.05) is 19.0 Å². The molecule has 1 fully saturated rings. The quantitative estimate of drug-likeness (QED) is 0.560. The Morgan fingerprint density at radius 1 is 1.06 bits per heavy atom. The SMILES string of the molecule is Cc1ccc(S(=O)(=O)N[C@@H](C)C(=O)N2CCC(C(=O)N[C@H](C(=O)[O-])C(C)C)CC2)cc1. The maximum Gasteiger partial charge on any atom is 0.241 e. The van der Waals surface area contributed by atoms with Crippen molar-refractivity contribution in [1.29, 1.82) is 0 Å². The van der Waals surface area contributed by atoms with Gasteiger partial charge in [0.2, 0.25) is 21.8 Å². The number of piperidine rings is 1. The molecule has 31 heavy (non-hydrogen) atoms. The molecule has 0 aliphatic carbocycles. The number of nitrogens with one attached hydrogen (secondary N) is 2. The van der Waals surface area contributed by atoms with Crippen molar-refractivity contribution in [3.8, 4) is 0 Å². The van der Waals surface area contributed by atoms with Gasteiger partial charge in [0.25, 0.3) is 0 Å². The van der Waals surface area contributed by atoms with Crippen LogP contribution in [0.3, 0.4) is 0 Å². The molecular weight excluding hydrogens is 422 g/mol. The smallest absolute Gasteiger partial charge is 0.241 e. The summed E-state index contributed by atoms with van der Waals surface area (Å²) in [6.07, 6.45) is 0.736. The Hall–Kier alpha value is -2.46. The number of amides is 2. The highest BCUT2D eigenvalue weighted by molar-refractivity contribution is 7.89. The standard InChI is InChI=1S/C21H31N3O6S/c1-13(2)18(21(27)28)22-19(25)16-9-11-24(12-10-16)20(26)15(4)23-31(29,30)17-7-5-14(3)6-8-17/h5-8,13,15-16,18,23H,9-12H2,1-4H3,(H,22,25)(H,27,28)/p-1/t15-,18-/m0/s1. The number of nitrogens with zero attached hydrogens (tertiary/aromatic N) is 1. The Bertz CT molecular complexity index is 906. The number of hydrogen-bond donors (Lipinski definition) is 2. The highest BCUT2D eigenvalue weighted by Gasteiger charge is 2.32. The molecule has 0 unspecified atom stereocenters. The van der Waals surface area contributed by atoms with Gasteiger partial charge in [-0.25, -0.2) is 8.42 Å². The second kappa shape index (κ2) is 10.2. The largest absolute Gasteiger partial charge is 0.548 e. The van der Waals surface area contributed by atoms with Crippen LogP contribution < -0.4 is 15.1 Å². The molecule has 2 N–H and O–H groups in total. The first-order valence-electron chi connectivity index (χ1n) is 10.3. The molecule has 1 aliphatic heterocycles. The molecule has 2 atom stereocenters. The maximum absolute atomic E-state index is 12.7. The lowest BCUT2D eigenvalue weighted by molar-refractivity contribution is -0.309. The summed E-state index contributed by atoms with van der Waals surface area (Å²) in [5, 5.41) is 13.7. The molecule has 2 amide bonds. The van der Waals surface area contributed by atoms with Crippen molar-refractivity contribution in [3.05, 3.63) is 29.8 Å². The summed E-state index contributed by atoms with van der Waals surface area (Å²) in [6, 6.07) is 4.30. The van der Waals surface area contributed by atoms with Gasteiger partial charge in [0.15, 0.2) is 0 Å². The van der Waals surface area contributed by atoms with Gasteiger partial charge < -0.3 is 20.1 Å². The zero-order valence-corrected chi connectivity index (χ0v) is 19.1. The summed E-state index contributed by atoms with van der Waals surface area (Å²) in [7, 11) is -3.84. The van der Waals surface area contributed by atoms with Gasteiger partial charge in [0.05, 0.1) is 22.9 Å². The molecule has 1 aromatic carbocycles. The number of carboxylic acids is 1. The average Bonchev–Trinajstić information content (AvgIpc) is 2.70. The zero-order chi connectivity index (χ0) is 23.3. The van der Waals surface area contributed by atoms with Crippen LogP contribution >= 0.6 is 0 Å². The van der Waals surface area contributed by atoms with Crippen LogP contribution in [0, 0.1) is 18.8 Å². The fraction of sp³-hybridized carbons (Fsp3) is 0.571. The number of carboxylic acid groups (broad SMARTS) is 1. The van der Waals surface area contributed by atoms with E-state index in [0.717, 1.165) is 5.56 Å². The number of hydrogen-bond acceptors (Lipinski definition) is 6. The predicted octanol–water partition coefficient (Wildman–Crippen LogP) is -0.209. The second-order valence-electron chi connectivity index (χ2n) is 8.30. The first-order valence-corrected chi connectivity index (χ1v) is 11.8. The van der Waals surface area contributed by atoms with E-state index in [2.05, 4.69) is 10.0 Å². The van der Waals surface area contributed by atoms with E-state index in [1.165, 1.54) is 24.0 Å². The van der Waals surface area contributed by atoms with E-state index >= 15 is 0 Å². The molecular formula is C21H30N3O6S-. The minimum absolute atomic E-state index is 0.0840. The molecule has 0 bridgehead atoms. The summed E-state index contributed by atoms with van der Waals surface area (Å²) >= 11 is 0. The molecule has 1 aliphatic rings. The van der Waals surface area contributed by atoms with E-state index in [-0.39, 0.29) is 35.7 Å². The van der Waals surface area contributed by atoms with Crippen molar-refractivity contribution < 1.29 is 27.9 Å². The Labute approximate surface area is 183 Å². The lowest BCUT2D eigenvalue weighted by atomic mass is 9.94. The van der Waals surface area contributed by atoms with Crippen LogP contribution in [-0.2, 0) is 24.4 Å². The molecule has 0 spiro atoms.